The van der Waals surface area contributed by atoms with Crippen molar-refractivity contribution in [2.24, 2.45) is 0 Å². The highest BCUT2D eigenvalue weighted by Crippen LogP contribution is 2.30. The van der Waals surface area contributed by atoms with Gasteiger partial charge in [-0.1, -0.05) is 12.1 Å². The summed E-state index contributed by atoms with van der Waals surface area (Å²) in [7, 11) is 4.26. The van der Waals surface area contributed by atoms with Crippen molar-refractivity contribution in [1.29, 1.82) is 0 Å². The molecule has 2 aromatic heterocycles. The van der Waals surface area contributed by atoms with E-state index < -0.39 is 5.67 Å². The number of aromatic nitrogens is 2. The molecule has 1 aliphatic carbocycles. The zero-order valence-electron chi connectivity index (χ0n) is 22.5. The molecule has 0 aliphatic heterocycles. The van der Waals surface area contributed by atoms with Crippen molar-refractivity contribution < 1.29 is 9.18 Å². The Morgan fingerprint density at radius 1 is 1.08 bits per heavy atom. The highest BCUT2D eigenvalue weighted by atomic mass is 19.1. The lowest BCUT2D eigenvalue weighted by molar-refractivity contribution is 0.0943. The molecule has 0 spiro atoms. The molecule has 8 heteroatoms. The van der Waals surface area contributed by atoms with E-state index in [2.05, 4.69) is 63.1 Å². The quantitative estimate of drug-likeness (QED) is 0.364. The number of carbonyl (C=O) groups excluding carboxylic acids is 1. The third kappa shape index (κ3) is 6.63. The van der Waals surface area contributed by atoms with Crippen molar-refractivity contribution in [3.05, 3.63) is 71.0 Å². The molecule has 7 nitrogen and oxygen atoms in total. The maximum Gasteiger partial charge on any atom is 0.255 e. The Balaban J connectivity index is 1.63. The van der Waals surface area contributed by atoms with Crippen LogP contribution in [0.2, 0.25) is 0 Å². The van der Waals surface area contributed by atoms with Gasteiger partial charge in [0.15, 0.2) is 0 Å². The second-order valence-electron chi connectivity index (χ2n) is 10.7. The number of nitrogens with zero attached hydrogens (tertiary/aromatic N) is 3. The molecule has 4 rings (SSSR count). The van der Waals surface area contributed by atoms with E-state index in [1.807, 2.05) is 13.8 Å². The normalized spacial score (nSPS) is 15.4. The minimum absolute atomic E-state index is 0.0339. The maximum absolute atomic E-state index is 14.5. The number of fused-ring (bicyclic) bond motifs is 1. The van der Waals surface area contributed by atoms with E-state index in [9.17, 15) is 9.18 Å². The molecular weight excluding hydrogens is 467 g/mol. The second kappa shape index (κ2) is 10.8. The third-order valence-electron chi connectivity index (χ3n) is 6.60. The fourth-order valence-electron chi connectivity index (χ4n) is 4.53. The molecule has 0 bridgehead atoms. The first-order chi connectivity index (χ1) is 17.5. The maximum atomic E-state index is 14.5. The standard InChI is InChI=1S/C29H37FN6O/c1-18(2)32-28(37)23-17-31-27(16-24(23)34-26-9-7-8-25(35-26)29(3,4)30)33-21-12-10-19-11-13-22(36(5)6)15-20(19)14-21/h7-10,12,14,16-18,22H,11,13,15H2,1-6H3,(H,32,37)(H2,31,33,34,35). The van der Waals surface area contributed by atoms with Crippen molar-refractivity contribution in [2.75, 3.05) is 24.7 Å². The molecule has 196 valence electrons. The van der Waals surface area contributed by atoms with Gasteiger partial charge in [-0.05, 0) is 96.4 Å². The summed E-state index contributed by atoms with van der Waals surface area (Å²) < 4.78 is 14.5. The van der Waals surface area contributed by atoms with E-state index in [-0.39, 0.29) is 11.9 Å². The van der Waals surface area contributed by atoms with Gasteiger partial charge in [0.05, 0.1) is 16.9 Å². The van der Waals surface area contributed by atoms with Crippen molar-refractivity contribution in [2.45, 2.75) is 64.7 Å². The minimum atomic E-state index is -1.58. The number of rotatable bonds is 8. The van der Waals surface area contributed by atoms with Gasteiger partial charge in [-0.2, -0.15) is 0 Å². The number of halogens is 1. The smallest absolute Gasteiger partial charge is 0.255 e. The molecule has 3 N–H and O–H groups in total. The summed E-state index contributed by atoms with van der Waals surface area (Å²) in [5.74, 6) is 0.787. The first kappa shape index (κ1) is 26.5. The van der Waals surface area contributed by atoms with Crippen molar-refractivity contribution in [1.82, 2.24) is 20.2 Å². The van der Waals surface area contributed by atoms with E-state index in [0.29, 0.717) is 34.6 Å². The highest BCUT2D eigenvalue weighted by Gasteiger charge is 2.22. The van der Waals surface area contributed by atoms with Crippen LogP contribution >= 0.6 is 0 Å². The molecule has 0 radical (unpaired) electrons. The van der Waals surface area contributed by atoms with Crippen LogP contribution in [0.5, 0.6) is 0 Å². The molecule has 1 aromatic carbocycles. The van der Waals surface area contributed by atoms with Gasteiger partial charge in [0, 0.05) is 30.0 Å². The van der Waals surface area contributed by atoms with Crippen molar-refractivity contribution >= 4 is 28.9 Å². The Labute approximate surface area is 218 Å². The number of pyridine rings is 2. The summed E-state index contributed by atoms with van der Waals surface area (Å²) in [5.41, 5.74) is 3.31. The number of hydrogen-bond donors (Lipinski definition) is 3. The lowest BCUT2D eigenvalue weighted by Gasteiger charge is -2.30. The van der Waals surface area contributed by atoms with Gasteiger partial charge in [0.1, 0.15) is 17.3 Å². The lowest BCUT2D eigenvalue weighted by atomic mass is 9.87. The average Bonchev–Trinajstić information content (AvgIpc) is 2.83. The molecule has 2 heterocycles. The van der Waals surface area contributed by atoms with Gasteiger partial charge in [0.25, 0.3) is 5.91 Å². The van der Waals surface area contributed by atoms with E-state index in [1.165, 1.54) is 25.0 Å². The van der Waals surface area contributed by atoms with Crippen LogP contribution in [-0.2, 0) is 18.5 Å². The van der Waals surface area contributed by atoms with Gasteiger partial charge in [0.2, 0.25) is 0 Å². The third-order valence-corrected chi connectivity index (χ3v) is 6.60. The Morgan fingerprint density at radius 3 is 2.57 bits per heavy atom. The first-order valence-corrected chi connectivity index (χ1v) is 12.8. The van der Waals surface area contributed by atoms with Crippen LogP contribution < -0.4 is 16.0 Å². The fraction of sp³-hybridized carbons (Fsp3) is 0.414. The van der Waals surface area contributed by atoms with Gasteiger partial charge in [-0.15, -0.1) is 0 Å². The van der Waals surface area contributed by atoms with Crippen LogP contribution in [0.3, 0.4) is 0 Å². The monoisotopic (exact) mass is 504 g/mol. The molecule has 0 saturated heterocycles. The number of alkyl halides is 1. The van der Waals surface area contributed by atoms with Gasteiger partial charge in [-0.25, -0.2) is 14.4 Å². The number of hydrogen-bond acceptors (Lipinski definition) is 6. The SMILES string of the molecule is CC(C)NC(=O)c1cnc(Nc2ccc3c(c2)CC(N(C)C)CC3)cc1Nc1cccc(C(C)(C)F)n1. The predicted octanol–water partition coefficient (Wildman–Crippen LogP) is 5.73. The Morgan fingerprint density at radius 2 is 1.86 bits per heavy atom. The summed E-state index contributed by atoms with van der Waals surface area (Å²) in [4.78, 5) is 24.1. The van der Waals surface area contributed by atoms with E-state index in [4.69, 9.17) is 0 Å². The summed E-state index contributed by atoms with van der Waals surface area (Å²) in [6.07, 6.45) is 4.80. The second-order valence-corrected chi connectivity index (χ2v) is 10.7. The minimum Gasteiger partial charge on any atom is -0.350 e. The first-order valence-electron chi connectivity index (χ1n) is 12.8. The fourth-order valence-corrected chi connectivity index (χ4v) is 4.53. The molecular formula is C29H37FN6O. The predicted molar refractivity (Wildman–Crippen MR) is 148 cm³/mol. The number of aryl methyl sites for hydroxylation is 1. The molecule has 1 unspecified atom stereocenters. The van der Waals surface area contributed by atoms with Gasteiger partial charge in [-0.3, -0.25) is 4.79 Å². The van der Waals surface area contributed by atoms with Crippen LogP contribution in [-0.4, -0.2) is 47.0 Å². The summed E-state index contributed by atoms with van der Waals surface area (Å²) >= 11 is 0. The van der Waals surface area contributed by atoms with E-state index in [0.717, 1.165) is 24.9 Å². The number of carbonyl (C=O) groups is 1. The van der Waals surface area contributed by atoms with Crippen molar-refractivity contribution in [3.63, 3.8) is 0 Å². The van der Waals surface area contributed by atoms with Crippen molar-refractivity contribution in [3.8, 4) is 0 Å². The summed E-state index contributed by atoms with van der Waals surface area (Å²) in [6, 6.07) is 13.9. The molecule has 0 saturated carbocycles. The van der Waals surface area contributed by atoms with Crippen LogP contribution in [0.4, 0.5) is 27.4 Å². The summed E-state index contributed by atoms with van der Waals surface area (Å²) in [5, 5.41) is 9.51. The molecule has 0 fully saturated rings. The van der Waals surface area contributed by atoms with Crippen LogP contribution in [0, 0.1) is 0 Å². The topological polar surface area (TPSA) is 82.2 Å². The van der Waals surface area contributed by atoms with Crippen LogP contribution in [0.25, 0.3) is 0 Å². The largest absolute Gasteiger partial charge is 0.350 e. The van der Waals surface area contributed by atoms with E-state index in [1.54, 1.807) is 30.5 Å². The number of likely N-dealkylation sites (N-methyl/N-ethyl adjacent to an activating group) is 1. The number of benzene rings is 1. The van der Waals surface area contributed by atoms with E-state index >= 15 is 0 Å². The molecule has 37 heavy (non-hydrogen) atoms. The average molecular weight is 505 g/mol. The highest BCUT2D eigenvalue weighted by molar-refractivity contribution is 6.00. The molecule has 1 atom stereocenters. The van der Waals surface area contributed by atoms with Gasteiger partial charge < -0.3 is 20.9 Å². The number of amides is 1. The molecule has 3 aromatic rings. The molecule has 1 amide bonds. The summed E-state index contributed by atoms with van der Waals surface area (Å²) in [6.45, 7) is 6.74. The zero-order chi connectivity index (χ0) is 26.7. The lowest BCUT2D eigenvalue weighted by Crippen LogP contribution is -2.33. The Kier molecular flexibility index (Phi) is 7.78. The zero-order valence-corrected chi connectivity index (χ0v) is 22.5. The van der Waals surface area contributed by atoms with Crippen LogP contribution in [0.15, 0.2) is 48.7 Å². The number of anilines is 4. The number of nitrogens with one attached hydrogen (secondary N) is 3. The Bertz CT molecular complexity index is 1270. The van der Waals surface area contributed by atoms with Gasteiger partial charge >= 0.3 is 0 Å². The van der Waals surface area contributed by atoms with Crippen LogP contribution in [0.1, 0.15) is 61.3 Å². The Hall–Kier alpha value is -3.52. The molecule has 1 aliphatic rings.